The van der Waals surface area contributed by atoms with Gasteiger partial charge in [0.1, 0.15) is 0 Å². The number of aliphatic carboxylic acids is 1. The lowest BCUT2D eigenvalue weighted by Crippen LogP contribution is -2.32. The highest BCUT2D eigenvalue weighted by molar-refractivity contribution is 5.98. The van der Waals surface area contributed by atoms with Crippen molar-refractivity contribution in [3.63, 3.8) is 0 Å². The number of carbonyl (C=O) groups is 3. The highest BCUT2D eigenvalue weighted by Crippen LogP contribution is 2.15. The van der Waals surface area contributed by atoms with E-state index in [1.165, 1.54) is 4.90 Å². The summed E-state index contributed by atoms with van der Waals surface area (Å²) in [4.78, 5) is 36.1. The molecule has 2 aromatic rings. The van der Waals surface area contributed by atoms with Crippen LogP contribution in [0.2, 0.25) is 0 Å². The lowest BCUT2D eigenvalue weighted by atomic mass is 10.1. The molecular formula is C19H22N2O4. The maximum atomic E-state index is 12.2. The quantitative estimate of drug-likeness (QED) is 0.770. The molecule has 0 aliphatic rings. The van der Waals surface area contributed by atoms with Gasteiger partial charge in [0.25, 0.3) is 5.91 Å². The number of carboxylic acid groups (broad SMARTS) is 1. The molecule has 0 saturated carbocycles. The number of fused-ring (bicyclic) bond motifs is 1. The largest absolute Gasteiger partial charge is 0.481 e. The molecule has 0 fully saturated rings. The summed E-state index contributed by atoms with van der Waals surface area (Å²) in [6, 6.07) is 13.3. The molecule has 0 spiro atoms. The molecule has 0 radical (unpaired) electrons. The second kappa shape index (κ2) is 8.82. The highest BCUT2D eigenvalue weighted by atomic mass is 16.4. The third-order valence-corrected chi connectivity index (χ3v) is 3.95. The summed E-state index contributed by atoms with van der Waals surface area (Å²) < 4.78 is 0. The van der Waals surface area contributed by atoms with E-state index in [1.54, 1.807) is 13.1 Å². The average molecular weight is 342 g/mol. The van der Waals surface area contributed by atoms with Crippen LogP contribution in [0.25, 0.3) is 10.8 Å². The second-order valence-corrected chi connectivity index (χ2v) is 5.88. The van der Waals surface area contributed by atoms with Gasteiger partial charge in [0.15, 0.2) is 0 Å². The van der Waals surface area contributed by atoms with Crippen LogP contribution in [-0.4, -0.2) is 47.9 Å². The van der Waals surface area contributed by atoms with Gasteiger partial charge in [-0.2, -0.15) is 0 Å². The number of carboxylic acids is 1. The number of nitrogens with one attached hydrogen (secondary N) is 1. The molecule has 25 heavy (non-hydrogen) atoms. The Kier molecular flexibility index (Phi) is 6.51. The van der Waals surface area contributed by atoms with Gasteiger partial charge in [-0.15, -0.1) is 0 Å². The van der Waals surface area contributed by atoms with Gasteiger partial charge in [0.2, 0.25) is 5.91 Å². The fourth-order valence-corrected chi connectivity index (χ4v) is 2.50. The topological polar surface area (TPSA) is 86.7 Å². The first-order valence-electron chi connectivity index (χ1n) is 8.20. The van der Waals surface area contributed by atoms with E-state index >= 15 is 0 Å². The molecule has 0 aliphatic carbocycles. The van der Waals surface area contributed by atoms with Gasteiger partial charge >= 0.3 is 5.97 Å². The van der Waals surface area contributed by atoms with Crippen molar-refractivity contribution in [1.29, 1.82) is 0 Å². The molecule has 6 heteroatoms. The van der Waals surface area contributed by atoms with E-state index in [0.29, 0.717) is 18.5 Å². The molecule has 2 aromatic carbocycles. The molecule has 0 saturated heterocycles. The standard InChI is InChI=1S/C19H22N2O4/c1-21(12-4-7-18(23)24)17(22)10-11-20-19(25)16-9-8-14-5-2-3-6-15(14)13-16/h2-3,5-6,8-9,13H,4,7,10-12H2,1H3,(H,20,25)(H,23,24). The Morgan fingerprint density at radius 1 is 1.04 bits per heavy atom. The van der Waals surface area contributed by atoms with Crippen molar-refractivity contribution in [1.82, 2.24) is 10.2 Å². The maximum Gasteiger partial charge on any atom is 0.303 e. The van der Waals surface area contributed by atoms with E-state index in [4.69, 9.17) is 5.11 Å². The molecule has 0 atom stereocenters. The van der Waals surface area contributed by atoms with Gasteiger partial charge in [-0.1, -0.05) is 30.3 Å². The first-order chi connectivity index (χ1) is 12.0. The minimum Gasteiger partial charge on any atom is -0.481 e. The first kappa shape index (κ1) is 18.4. The van der Waals surface area contributed by atoms with Gasteiger partial charge in [-0.25, -0.2) is 0 Å². The van der Waals surface area contributed by atoms with Gasteiger partial charge in [0, 0.05) is 38.5 Å². The summed E-state index contributed by atoms with van der Waals surface area (Å²) in [5.74, 6) is -1.21. The van der Waals surface area contributed by atoms with Crippen LogP contribution in [-0.2, 0) is 9.59 Å². The van der Waals surface area contributed by atoms with Crippen LogP contribution < -0.4 is 5.32 Å². The fourth-order valence-electron chi connectivity index (χ4n) is 2.50. The molecule has 6 nitrogen and oxygen atoms in total. The first-order valence-corrected chi connectivity index (χ1v) is 8.20. The van der Waals surface area contributed by atoms with Crippen molar-refractivity contribution >= 4 is 28.6 Å². The molecule has 2 N–H and O–H groups in total. The number of benzene rings is 2. The van der Waals surface area contributed by atoms with Crippen molar-refractivity contribution in [3.05, 3.63) is 48.0 Å². The maximum absolute atomic E-state index is 12.2. The van der Waals surface area contributed by atoms with E-state index < -0.39 is 5.97 Å². The zero-order valence-corrected chi connectivity index (χ0v) is 14.2. The SMILES string of the molecule is CN(CCCC(=O)O)C(=O)CCNC(=O)c1ccc2ccccc2c1. The van der Waals surface area contributed by atoms with Gasteiger partial charge < -0.3 is 15.3 Å². The molecule has 2 rings (SSSR count). The second-order valence-electron chi connectivity index (χ2n) is 5.88. The van der Waals surface area contributed by atoms with E-state index in [2.05, 4.69) is 5.32 Å². The summed E-state index contributed by atoms with van der Waals surface area (Å²) in [5, 5.41) is 13.4. The van der Waals surface area contributed by atoms with E-state index in [1.807, 2.05) is 36.4 Å². The Bertz CT molecular complexity index is 773. The molecular weight excluding hydrogens is 320 g/mol. The summed E-state index contributed by atoms with van der Waals surface area (Å²) in [7, 11) is 1.63. The minimum absolute atomic E-state index is 0.0380. The van der Waals surface area contributed by atoms with E-state index in [-0.39, 0.29) is 31.2 Å². The minimum atomic E-state index is -0.872. The number of nitrogens with zero attached hydrogens (tertiary/aromatic N) is 1. The smallest absolute Gasteiger partial charge is 0.303 e. The zero-order chi connectivity index (χ0) is 18.2. The summed E-state index contributed by atoms with van der Waals surface area (Å²) >= 11 is 0. The van der Waals surface area contributed by atoms with Crippen LogP contribution >= 0.6 is 0 Å². The number of rotatable bonds is 8. The Morgan fingerprint density at radius 2 is 1.76 bits per heavy atom. The van der Waals surface area contributed by atoms with Gasteiger partial charge in [-0.05, 0) is 29.3 Å². The summed E-state index contributed by atoms with van der Waals surface area (Å²) in [6.45, 7) is 0.636. The summed E-state index contributed by atoms with van der Waals surface area (Å²) in [6.07, 6.45) is 0.639. The molecule has 0 aliphatic heterocycles. The summed E-state index contributed by atoms with van der Waals surface area (Å²) in [5.41, 5.74) is 0.556. The Hall–Kier alpha value is -2.89. The van der Waals surface area contributed by atoms with Crippen LogP contribution in [0.4, 0.5) is 0 Å². The van der Waals surface area contributed by atoms with Gasteiger partial charge in [-0.3, -0.25) is 14.4 Å². The molecule has 0 aromatic heterocycles. The Labute approximate surface area is 146 Å². The van der Waals surface area contributed by atoms with Crippen molar-refractivity contribution in [2.24, 2.45) is 0 Å². The fraction of sp³-hybridized carbons (Fsp3) is 0.316. The average Bonchev–Trinajstić information content (AvgIpc) is 2.60. The number of amides is 2. The normalized spacial score (nSPS) is 10.4. The third kappa shape index (κ3) is 5.60. The van der Waals surface area contributed by atoms with Crippen molar-refractivity contribution in [2.45, 2.75) is 19.3 Å². The number of hydrogen-bond acceptors (Lipinski definition) is 3. The molecule has 0 bridgehead atoms. The zero-order valence-electron chi connectivity index (χ0n) is 14.2. The van der Waals surface area contributed by atoms with Crippen LogP contribution in [0.5, 0.6) is 0 Å². The van der Waals surface area contributed by atoms with Crippen LogP contribution in [0, 0.1) is 0 Å². The van der Waals surface area contributed by atoms with Crippen LogP contribution in [0.15, 0.2) is 42.5 Å². The third-order valence-electron chi connectivity index (χ3n) is 3.95. The number of hydrogen-bond donors (Lipinski definition) is 2. The predicted molar refractivity (Wildman–Crippen MR) is 95.4 cm³/mol. The van der Waals surface area contributed by atoms with Crippen molar-refractivity contribution in [2.75, 3.05) is 20.1 Å². The Balaban J connectivity index is 1.79. The van der Waals surface area contributed by atoms with Crippen molar-refractivity contribution in [3.8, 4) is 0 Å². The molecule has 0 unspecified atom stereocenters. The molecule has 132 valence electrons. The molecule has 2 amide bonds. The lowest BCUT2D eigenvalue weighted by molar-refractivity contribution is -0.138. The highest BCUT2D eigenvalue weighted by Gasteiger charge is 2.11. The van der Waals surface area contributed by atoms with Crippen LogP contribution in [0.3, 0.4) is 0 Å². The van der Waals surface area contributed by atoms with Crippen LogP contribution in [0.1, 0.15) is 29.6 Å². The number of carbonyl (C=O) groups excluding carboxylic acids is 2. The van der Waals surface area contributed by atoms with Crippen molar-refractivity contribution < 1.29 is 19.5 Å². The Morgan fingerprint density at radius 3 is 2.48 bits per heavy atom. The molecule has 0 heterocycles. The predicted octanol–water partition coefficient (Wildman–Crippen LogP) is 2.28. The van der Waals surface area contributed by atoms with E-state index in [0.717, 1.165) is 10.8 Å². The van der Waals surface area contributed by atoms with Gasteiger partial charge in [0.05, 0.1) is 0 Å². The monoisotopic (exact) mass is 342 g/mol. The van der Waals surface area contributed by atoms with E-state index in [9.17, 15) is 14.4 Å². The lowest BCUT2D eigenvalue weighted by Gasteiger charge is -2.16.